The molecular formula is C8H14N2S2. The van der Waals surface area contributed by atoms with Gasteiger partial charge in [0.25, 0.3) is 0 Å². The third kappa shape index (κ3) is 6.44. The van der Waals surface area contributed by atoms with E-state index in [0.717, 1.165) is 16.5 Å². The van der Waals surface area contributed by atoms with Gasteiger partial charge in [0, 0.05) is 18.2 Å². The number of hydrogen-bond donors (Lipinski definition) is 1. The maximum Gasteiger partial charge on any atom is 0.134 e. The normalized spacial score (nSPS) is 11.8. The van der Waals surface area contributed by atoms with Gasteiger partial charge in [-0.2, -0.15) is 5.26 Å². The standard InChI is InChI=1S/C8H14N2S2/c1-3-7(2)10-8(11)12-6-4-5-9/h7H,3-4,6H2,1-2H3,(H,10,11). The third-order valence-electron chi connectivity index (χ3n) is 1.42. The zero-order chi connectivity index (χ0) is 9.40. The summed E-state index contributed by atoms with van der Waals surface area (Å²) in [5.41, 5.74) is 0. The van der Waals surface area contributed by atoms with Gasteiger partial charge in [-0.15, -0.1) is 0 Å². The molecule has 1 unspecified atom stereocenters. The second kappa shape index (κ2) is 7.38. The van der Waals surface area contributed by atoms with Gasteiger partial charge in [0.1, 0.15) is 4.32 Å². The summed E-state index contributed by atoms with van der Waals surface area (Å²) in [6.07, 6.45) is 1.63. The van der Waals surface area contributed by atoms with Crippen molar-refractivity contribution in [3.05, 3.63) is 0 Å². The molecule has 2 nitrogen and oxygen atoms in total. The van der Waals surface area contributed by atoms with Crippen molar-refractivity contribution in [1.29, 1.82) is 5.26 Å². The molecule has 0 aliphatic rings. The second-order valence-corrected chi connectivity index (χ2v) is 4.27. The number of rotatable bonds is 4. The van der Waals surface area contributed by atoms with Crippen LogP contribution < -0.4 is 5.32 Å². The monoisotopic (exact) mass is 202 g/mol. The van der Waals surface area contributed by atoms with Gasteiger partial charge >= 0.3 is 0 Å². The molecule has 0 saturated heterocycles. The molecule has 0 aromatic heterocycles. The van der Waals surface area contributed by atoms with Gasteiger partial charge in [0.2, 0.25) is 0 Å². The van der Waals surface area contributed by atoms with Crippen LogP contribution in [0.15, 0.2) is 0 Å². The van der Waals surface area contributed by atoms with E-state index in [9.17, 15) is 0 Å². The third-order valence-corrected chi connectivity index (χ3v) is 2.68. The van der Waals surface area contributed by atoms with Gasteiger partial charge in [-0.05, 0) is 13.3 Å². The van der Waals surface area contributed by atoms with Crippen molar-refractivity contribution >= 4 is 28.3 Å². The Kier molecular flexibility index (Phi) is 7.22. The first-order valence-electron chi connectivity index (χ1n) is 4.01. The van der Waals surface area contributed by atoms with Crippen LogP contribution >= 0.6 is 24.0 Å². The highest BCUT2D eigenvalue weighted by Gasteiger charge is 2.00. The van der Waals surface area contributed by atoms with Gasteiger partial charge in [-0.1, -0.05) is 30.9 Å². The first-order valence-corrected chi connectivity index (χ1v) is 5.40. The van der Waals surface area contributed by atoms with Crippen LogP contribution in [0.25, 0.3) is 0 Å². The van der Waals surface area contributed by atoms with E-state index in [0.29, 0.717) is 12.5 Å². The van der Waals surface area contributed by atoms with Gasteiger partial charge in [0.15, 0.2) is 0 Å². The van der Waals surface area contributed by atoms with Gasteiger partial charge in [0.05, 0.1) is 6.07 Å². The summed E-state index contributed by atoms with van der Waals surface area (Å²) in [5.74, 6) is 0.790. The van der Waals surface area contributed by atoms with Crippen molar-refractivity contribution in [2.45, 2.75) is 32.7 Å². The summed E-state index contributed by atoms with van der Waals surface area (Å²) in [5, 5.41) is 11.5. The summed E-state index contributed by atoms with van der Waals surface area (Å²) >= 11 is 6.59. The first-order chi connectivity index (χ1) is 5.70. The lowest BCUT2D eigenvalue weighted by Crippen LogP contribution is -2.28. The molecule has 1 N–H and O–H groups in total. The van der Waals surface area contributed by atoms with E-state index >= 15 is 0 Å². The highest BCUT2D eigenvalue weighted by atomic mass is 32.2. The number of nitrogens with one attached hydrogen (secondary N) is 1. The van der Waals surface area contributed by atoms with Crippen LogP contribution in [0.1, 0.15) is 26.7 Å². The smallest absolute Gasteiger partial charge is 0.134 e. The van der Waals surface area contributed by atoms with Crippen LogP contribution in [0.4, 0.5) is 0 Å². The van der Waals surface area contributed by atoms with Crippen LogP contribution in [0.5, 0.6) is 0 Å². The molecule has 4 heteroatoms. The van der Waals surface area contributed by atoms with E-state index in [2.05, 4.69) is 25.2 Å². The Morgan fingerprint density at radius 1 is 1.75 bits per heavy atom. The summed E-state index contributed by atoms with van der Waals surface area (Å²) in [4.78, 5) is 0. The topological polar surface area (TPSA) is 35.8 Å². The fourth-order valence-electron chi connectivity index (χ4n) is 0.534. The van der Waals surface area contributed by atoms with Crippen LogP contribution in [-0.4, -0.2) is 16.1 Å². The Bertz CT molecular complexity index is 174. The van der Waals surface area contributed by atoms with Gasteiger partial charge in [-0.25, -0.2) is 0 Å². The molecule has 0 aromatic carbocycles. The molecule has 0 rings (SSSR count). The number of nitrogens with zero attached hydrogens (tertiary/aromatic N) is 1. The highest BCUT2D eigenvalue weighted by molar-refractivity contribution is 8.22. The summed E-state index contributed by atoms with van der Waals surface area (Å²) < 4.78 is 0.805. The van der Waals surface area contributed by atoms with Crippen LogP contribution in [0.2, 0.25) is 0 Å². The average molecular weight is 202 g/mol. The Balaban J connectivity index is 3.41. The zero-order valence-electron chi connectivity index (χ0n) is 7.46. The molecule has 0 spiro atoms. The fourth-order valence-corrected chi connectivity index (χ4v) is 1.65. The molecule has 0 saturated carbocycles. The molecule has 0 aliphatic carbocycles. The van der Waals surface area contributed by atoms with Crippen molar-refractivity contribution < 1.29 is 0 Å². The molecule has 0 radical (unpaired) electrons. The molecule has 0 bridgehead atoms. The molecule has 12 heavy (non-hydrogen) atoms. The summed E-state index contributed by atoms with van der Waals surface area (Å²) in [6.45, 7) is 4.21. The molecule has 0 amide bonds. The Labute approximate surface area is 83.7 Å². The number of nitriles is 1. The molecule has 1 atom stereocenters. The maximum atomic E-state index is 8.28. The van der Waals surface area contributed by atoms with Crippen LogP contribution in [0, 0.1) is 11.3 Å². The minimum atomic E-state index is 0.437. The lowest BCUT2D eigenvalue weighted by molar-refractivity contribution is 0.651. The van der Waals surface area contributed by atoms with E-state index in [1.807, 2.05) is 0 Å². The number of hydrogen-bond acceptors (Lipinski definition) is 3. The van der Waals surface area contributed by atoms with E-state index in [4.69, 9.17) is 17.5 Å². The predicted molar refractivity (Wildman–Crippen MR) is 58.2 cm³/mol. The Hall–Kier alpha value is -0.270. The molecule has 0 aliphatic heterocycles. The summed E-state index contributed by atoms with van der Waals surface area (Å²) in [7, 11) is 0. The molecule has 0 fully saturated rings. The highest BCUT2D eigenvalue weighted by Crippen LogP contribution is 2.04. The Morgan fingerprint density at radius 2 is 2.42 bits per heavy atom. The maximum absolute atomic E-state index is 8.28. The van der Waals surface area contributed by atoms with Crippen molar-refractivity contribution in [1.82, 2.24) is 5.32 Å². The zero-order valence-corrected chi connectivity index (χ0v) is 9.10. The fraction of sp³-hybridized carbons (Fsp3) is 0.750. The average Bonchev–Trinajstić information content (AvgIpc) is 2.05. The first kappa shape index (κ1) is 11.7. The largest absolute Gasteiger partial charge is 0.369 e. The number of thiocarbonyl (C=S) groups is 1. The molecule has 68 valence electrons. The predicted octanol–water partition coefficient (Wildman–Crippen LogP) is 2.31. The lowest BCUT2D eigenvalue weighted by Gasteiger charge is -2.12. The van der Waals surface area contributed by atoms with E-state index < -0.39 is 0 Å². The van der Waals surface area contributed by atoms with E-state index in [1.54, 1.807) is 11.8 Å². The van der Waals surface area contributed by atoms with Crippen LogP contribution in [0.3, 0.4) is 0 Å². The van der Waals surface area contributed by atoms with Crippen LogP contribution in [-0.2, 0) is 0 Å². The van der Waals surface area contributed by atoms with Gasteiger partial charge < -0.3 is 5.32 Å². The quantitative estimate of drug-likeness (QED) is 0.560. The molecule has 0 heterocycles. The molecule has 0 aromatic rings. The van der Waals surface area contributed by atoms with Crippen molar-refractivity contribution in [3.8, 4) is 6.07 Å². The van der Waals surface area contributed by atoms with E-state index in [1.165, 1.54) is 0 Å². The minimum absolute atomic E-state index is 0.437. The second-order valence-electron chi connectivity index (χ2n) is 2.50. The molecular weight excluding hydrogens is 188 g/mol. The Morgan fingerprint density at radius 3 is 2.92 bits per heavy atom. The SMILES string of the molecule is CCC(C)NC(=S)SCCC#N. The van der Waals surface area contributed by atoms with E-state index in [-0.39, 0.29) is 0 Å². The number of thioether (sulfide) groups is 1. The minimum Gasteiger partial charge on any atom is -0.369 e. The van der Waals surface area contributed by atoms with Crippen molar-refractivity contribution in [2.24, 2.45) is 0 Å². The summed E-state index contributed by atoms with van der Waals surface area (Å²) in [6, 6.07) is 2.52. The lowest BCUT2D eigenvalue weighted by atomic mass is 10.3. The van der Waals surface area contributed by atoms with Gasteiger partial charge in [-0.3, -0.25) is 0 Å². The van der Waals surface area contributed by atoms with Crippen molar-refractivity contribution in [2.75, 3.05) is 5.75 Å². The van der Waals surface area contributed by atoms with Crippen molar-refractivity contribution in [3.63, 3.8) is 0 Å².